The standard InChI is InChI=1S/C61H36N4O2/c66-61-51-35-58-48(43-21-9-13-25-54(43)64(58)39-27-29-56-46(31-39)41-19-7-11-23-52(41)62(56)37-15-3-1-4-16-37)33-45(51)50-34-49-44-22-10-14-26-55(44)65(59(49)36-60(50)67-61)40-28-30-57-47(32-40)42-20-8-12-24-53(42)63(57)38-17-5-2-6-18-38/h1-36H. The van der Waals surface area contributed by atoms with Gasteiger partial charge in [0.1, 0.15) is 5.58 Å². The van der Waals surface area contributed by atoms with Crippen LogP contribution in [0.1, 0.15) is 0 Å². The lowest BCUT2D eigenvalue weighted by molar-refractivity contribution is 0.570. The Morgan fingerprint density at radius 2 is 0.597 bits per heavy atom. The van der Waals surface area contributed by atoms with Crippen molar-refractivity contribution in [2.45, 2.75) is 0 Å². The van der Waals surface area contributed by atoms with Crippen LogP contribution in [0.25, 0.3) is 132 Å². The number of hydrogen-bond donors (Lipinski definition) is 0. The molecule has 312 valence electrons. The summed E-state index contributed by atoms with van der Waals surface area (Å²) in [6.07, 6.45) is 0. The Labute approximate surface area is 381 Å². The van der Waals surface area contributed by atoms with Crippen molar-refractivity contribution in [3.63, 3.8) is 0 Å². The van der Waals surface area contributed by atoms with Gasteiger partial charge in [-0.1, -0.05) is 109 Å². The normalized spacial score (nSPS) is 12.2. The number of fused-ring (bicyclic) bond motifs is 15. The molecule has 0 spiro atoms. The molecule has 6 nitrogen and oxygen atoms in total. The van der Waals surface area contributed by atoms with Gasteiger partial charge in [0.05, 0.1) is 49.5 Å². The molecule has 0 fully saturated rings. The highest BCUT2D eigenvalue weighted by Gasteiger charge is 2.22. The van der Waals surface area contributed by atoms with Gasteiger partial charge in [-0.05, 0) is 103 Å². The zero-order valence-electron chi connectivity index (χ0n) is 35.9. The largest absolute Gasteiger partial charge is 0.422 e. The second-order valence-electron chi connectivity index (χ2n) is 17.7. The summed E-state index contributed by atoms with van der Waals surface area (Å²) >= 11 is 0. The molecule has 0 N–H and O–H groups in total. The van der Waals surface area contributed by atoms with Crippen molar-refractivity contribution in [2.24, 2.45) is 0 Å². The molecule has 0 aliphatic heterocycles. The van der Waals surface area contributed by atoms with E-state index < -0.39 is 0 Å². The minimum Gasteiger partial charge on any atom is -0.422 e. The molecule has 15 rings (SSSR count). The van der Waals surface area contributed by atoms with Crippen LogP contribution >= 0.6 is 0 Å². The molecule has 0 radical (unpaired) electrons. The van der Waals surface area contributed by atoms with Crippen LogP contribution in [0, 0.1) is 0 Å². The van der Waals surface area contributed by atoms with Gasteiger partial charge in [-0.15, -0.1) is 0 Å². The molecule has 0 saturated heterocycles. The van der Waals surface area contributed by atoms with Gasteiger partial charge < -0.3 is 22.7 Å². The average Bonchev–Trinajstić information content (AvgIpc) is 4.10. The van der Waals surface area contributed by atoms with Crippen LogP contribution in [0.4, 0.5) is 0 Å². The summed E-state index contributed by atoms with van der Waals surface area (Å²) in [7, 11) is 0. The van der Waals surface area contributed by atoms with Crippen molar-refractivity contribution in [2.75, 3.05) is 0 Å². The molecule has 5 aromatic heterocycles. The Kier molecular flexibility index (Phi) is 7.28. The maximum atomic E-state index is 14.4. The van der Waals surface area contributed by atoms with Crippen LogP contribution in [0.5, 0.6) is 0 Å². The number of para-hydroxylation sites is 6. The number of aromatic nitrogens is 4. The third kappa shape index (κ3) is 5.01. The molecule has 10 aromatic carbocycles. The van der Waals surface area contributed by atoms with Crippen molar-refractivity contribution < 1.29 is 4.42 Å². The van der Waals surface area contributed by atoms with E-state index in [1.165, 1.54) is 16.2 Å². The summed E-state index contributed by atoms with van der Waals surface area (Å²) in [5.41, 5.74) is 13.2. The first-order chi connectivity index (χ1) is 33.2. The zero-order chi connectivity index (χ0) is 43.9. The van der Waals surface area contributed by atoms with Crippen LogP contribution in [-0.2, 0) is 0 Å². The second-order valence-corrected chi connectivity index (χ2v) is 17.7. The van der Waals surface area contributed by atoms with Crippen molar-refractivity contribution >= 4 is 109 Å². The topological polar surface area (TPSA) is 49.9 Å². The van der Waals surface area contributed by atoms with E-state index in [-0.39, 0.29) is 5.63 Å². The van der Waals surface area contributed by atoms with Gasteiger partial charge in [0.25, 0.3) is 0 Å². The van der Waals surface area contributed by atoms with Gasteiger partial charge in [0.15, 0.2) is 0 Å². The van der Waals surface area contributed by atoms with Crippen molar-refractivity contribution in [3.05, 3.63) is 229 Å². The third-order valence-corrected chi connectivity index (χ3v) is 14.2. The molecule has 0 unspecified atom stereocenters. The van der Waals surface area contributed by atoms with Crippen LogP contribution in [0.3, 0.4) is 0 Å². The van der Waals surface area contributed by atoms with Crippen LogP contribution in [-0.4, -0.2) is 18.3 Å². The number of benzene rings is 10. The minimum atomic E-state index is -0.361. The highest BCUT2D eigenvalue weighted by molar-refractivity contribution is 6.21. The zero-order valence-corrected chi connectivity index (χ0v) is 35.9. The van der Waals surface area contributed by atoms with Crippen molar-refractivity contribution in [1.29, 1.82) is 0 Å². The van der Waals surface area contributed by atoms with E-state index >= 15 is 0 Å². The molecule has 0 saturated carbocycles. The van der Waals surface area contributed by atoms with Gasteiger partial charge in [0.2, 0.25) is 0 Å². The molecule has 5 heterocycles. The first-order valence-electron chi connectivity index (χ1n) is 22.7. The van der Waals surface area contributed by atoms with Crippen molar-refractivity contribution in [1.82, 2.24) is 18.3 Å². The van der Waals surface area contributed by atoms with E-state index in [0.29, 0.717) is 11.0 Å². The molecule has 0 aliphatic carbocycles. The van der Waals surface area contributed by atoms with Crippen LogP contribution in [0.15, 0.2) is 228 Å². The summed E-state index contributed by atoms with van der Waals surface area (Å²) in [5.74, 6) is 0. The van der Waals surface area contributed by atoms with Gasteiger partial charge in [-0.3, -0.25) is 0 Å². The minimum absolute atomic E-state index is 0.361. The number of rotatable bonds is 4. The molecule has 0 aliphatic rings. The Balaban J connectivity index is 0.956. The van der Waals surface area contributed by atoms with Crippen LogP contribution in [0.2, 0.25) is 0 Å². The van der Waals surface area contributed by atoms with E-state index in [0.717, 1.165) is 105 Å². The fourth-order valence-electron chi connectivity index (χ4n) is 11.3. The highest BCUT2D eigenvalue weighted by atomic mass is 16.4. The SMILES string of the molecule is O=c1oc2cc3c(cc2c2cc4c5ccccc5n(-c5ccc6c(c5)c5ccccc5n6-c5ccccc5)c4cc12)c1ccccc1n3-c1ccc2c(c1)c1ccccc1n2-c1ccccc1. The Bertz CT molecular complexity index is 4640. The second kappa shape index (κ2) is 13.5. The average molecular weight is 857 g/mol. The summed E-state index contributed by atoms with van der Waals surface area (Å²) in [5, 5.41) is 11.5. The van der Waals surface area contributed by atoms with Gasteiger partial charge in [0, 0.05) is 82.7 Å². The third-order valence-electron chi connectivity index (χ3n) is 14.2. The lowest BCUT2D eigenvalue weighted by Gasteiger charge is -2.11. The van der Waals surface area contributed by atoms with Crippen LogP contribution < -0.4 is 5.63 Å². The quantitative estimate of drug-likeness (QED) is 0.131. The predicted octanol–water partition coefficient (Wildman–Crippen LogP) is 15.3. The van der Waals surface area contributed by atoms with Gasteiger partial charge in [-0.2, -0.15) is 0 Å². The lowest BCUT2D eigenvalue weighted by atomic mass is 10.0. The first-order valence-corrected chi connectivity index (χ1v) is 22.7. The highest BCUT2D eigenvalue weighted by Crippen LogP contribution is 2.42. The molecule has 0 atom stereocenters. The molecular weight excluding hydrogens is 821 g/mol. The Morgan fingerprint density at radius 1 is 0.239 bits per heavy atom. The predicted molar refractivity (Wildman–Crippen MR) is 277 cm³/mol. The number of nitrogens with zero attached hydrogens (tertiary/aromatic N) is 4. The molecule has 0 bridgehead atoms. The van der Waals surface area contributed by atoms with E-state index in [4.69, 9.17) is 4.42 Å². The summed E-state index contributed by atoms with van der Waals surface area (Å²) in [6, 6.07) is 77.4. The maximum absolute atomic E-state index is 14.4. The van der Waals surface area contributed by atoms with Gasteiger partial charge >= 0.3 is 5.63 Å². The Morgan fingerprint density at radius 3 is 1.06 bits per heavy atom. The molecular formula is C61H36N4O2. The van der Waals surface area contributed by atoms with Crippen molar-refractivity contribution in [3.8, 4) is 22.7 Å². The van der Waals surface area contributed by atoms with E-state index in [9.17, 15) is 4.79 Å². The van der Waals surface area contributed by atoms with E-state index in [2.05, 4.69) is 231 Å². The Hall–Kier alpha value is -9.13. The molecule has 15 aromatic rings. The summed E-state index contributed by atoms with van der Waals surface area (Å²) < 4.78 is 15.7. The molecule has 67 heavy (non-hydrogen) atoms. The smallest absolute Gasteiger partial charge is 0.344 e. The monoisotopic (exact) mass is 856 g/mol. The van der Waals surface area contributed by atoms with E-state index in [1.54, 1.807) is 0 Å². The fourth-order valence-corrected chi connectivity index (χ4v) is 11.3. The molecule has 6 heteroatoms. The number of hydrogen-bond acceptors (Lipinski definition) is 2. The van der Waals surface area contributed by atoms with E-state index in [1.807, 2.05) is 6.07 Å². The summed E-state index contributed by atoms with van der Waals surface area (Å²) in [4.78, 5) is 14.4. The lowest BCUT2D eigenvalue weighted by Crippen LogP contribution is -2.01. The fraction of sp³-hybridized carbons (Fsp3) is 0. The maximum Gasteiger partial charge on any atom is 0.344 e. The van der Waals surface area contributed by atoms with Gasteiger partial charge in [-0.25, -0.2) is 4.79 Å². The summed E-state index contributed by atoms with van der Waals surface area (Å²) in [6.45, 7) is 0. The first kappa shape index (κ1) is 36.2. The molecule has 0 amide bonds.